The summed E-state index contributed by atoms with van der Waals surface area (Å²) in [6.07, 6.45) is 8.19. The summed E-state index contributed by atoms with van der Waals surface area (Å²) >= 11 is 0. The predicted molar refractivity (Wildman–Crippen MR) is 143 cm³/mol. The van der Waals surface area contributed by atoms with E-state index in [1.54, 1.807) is 48.9 Å². The SMILES string of the molecule is O=C(NCCc1cc2c(-c3cnn4ncccc34)ccnc2n1S(=O)(=O)c1ccccc1)C1CCCCN1. The van der Waals surface area contributed by atoms with Gasteiger partial charge in [-0.3, -0.25) is 4.79 Å². The summed E-state index contributed by atoms with van der Waals surface area (Å²) in [6.45, 7) is 1.13. The molecule has 0 saturated carbocycles. The Kier molecular flexibility index (Phi) is 6.38. The van der Waals surface area contributed by atoms with Gasteiger partial charge in [0, 0.05) is 42.0 Å². The van der Waals surface area contributed by atoms with Gasteiger partial charge >= 0.3 is 0 Å². The first-order valence-electron chi connectivity index (χ1n) is 12.6. The van der Waals surface area contributed by atoms with Gasteiger partial charge in [-0.25, -0.2) is 17.4 Å². The van der Waals surface area contributed by atoms with Crippen molar-refractivity contribution in [1.29, 1.82) is 0 Å². The second kappa shape index (κ2) is 9.99. The molecule has 11 heteroatoms. The molecule has 4 aromatic heterocycles. The number of nitrogens with one attached hydrogen (secondary N) is 2. The largest absolute Gasteiger partial charge is 0.354 e. The van der Waals surface area contributed by atoms with Crippen molar-refractivity contribution in [2.24, 2.45) is 0 Å². The van der Waals surface area contributed by atoms with Crippen molar-refractivity contribution in [1.82, 2.24) is 34.4 Å². The third-order valence-electron chi connectivity index (χ3n) is 6.92. The van der Waals surface area contributed by atoms with Gasteiger partial charge in [0.1, 0.15) is 0 Å². The molecule has 1 aromatic carbocycles. The van der Waals surface area contributed by atoms with Crippen LogP contribution in [0.25, 0.3) is 27.7 Å². The number of hydrogen-bond donors (Lipinski definition) is 2. The van der Waals surface area contributed by atoms with E-state index in [-0.39, 0.29) is 16.8 Å². The highest BCUT2D eigenvalue weighted by atomic mass is 32.2. The first-order chi connectivity index (χ1) is 18.5. The minimum atomic E-state index is -3.96. The Morgan fingerprint density at radius 3 is 2.71 bits per heavy atom. The summed E-state index contributed by atoms with van der Waals surface area (Å²) in [5.41, 5.74) is 3.28. The number of nitrogens with zero attached hydrogens (tertiary/aromatic N) is 5. The molecule has 5 aromatic rings. The van der Waals surface area contributed by atoms with Gasteiger partial charge in [-0.2, -0.15) is 14.8 Å². The van der Waals surface area contributed by atoms with Gasteiger partial charge in [0.2, 0.25) is 5.91 Å². The van der Waals surface area contributed by atoms with Gasteiger partial charge in [-0.05, 0) is 61.3 Å². The van der Waals surface area contributed by atoms with Crippen LogP contribution in [0, 0.1) is 0 Å². The van der Waals surface area contributed by atoms with E-state index in [4.69, 9.17) is 0 Å². The second-order valence-corrected chi connectivity index (χ2v) is 11.1. The zero-order chi connectivity index (χ0) is 26.1. The van der Waals surface area contributed by atoms with E-state index in [1.807, 2.05) is 24.3 Å². The Labute approximate surface area is 219 Å². The number of carbonyl (C=O) groups is 1. The monoisotopic (exact) mass is 529 g/mol. The van der Waals surface area contributed by atoms with Crippen molar-refractivity contribution < 1.29 is 13.2 Å². The van der Waals surface area contributed by atoms with E-state index >= 15 is 0 Å². The topological polar surface area (TPSA) is 123 Å². The van der Waals surface area contributed by atoms with Crippen LogP contribution in [0.1, 0.15) is 25.0 Å². The van der Waals surface area contributed by atoms with Crippen LogP contribution in [0.3, 0.4) is 0 Å². The predicted octanol–water partition coefficient (Wildman–Crippen LogP) is 2.78. The lowest BCUT2D eigenvalue weighted by atomic mass is 10.0. The van der Waals surface area contributed by atoms with Crippen LogP contribution in [0.5, 0.6) is 0 Å². The molecule has 38 heavy (non-hydrogen) atoms. The number of aromatic nitrogens is 5. The molecular weight excluding hydrogens is 502 g/mol. The number of fused-ring (bicyclic) bond motifs is 2. The Balaban J connectivity index is 1.43. The Bertz CT molecular complexity index is 1720. The van der Waals surface area contributed by atoms with Crippen molar-refractivity contribution in [3.63, 3.8) is 0 Å². The summed E-state index contributed by atoms with van der Waals surface area (Å²) in [5, 5.41) is 15.5. The lowest BCUT2D eigenvalue weighted by molar-refractivity contribution is -0.123. The van der Waals surface area contributed by atoms with E-state index in [0.29, 0.717) is 29.7 Å². The third-order valence-corrected chi connectivity index (χ3v) is 8.67. The number of carbonyl (C=O) groups excluding carboxylic acids is 1. The fraction of sp³-hybridized carbons (Fsp3) is 0.259. The van der Waals surface area contributed by atoms with E-state index in [1.165, 1.54) is 8.60 Å². The Morgan fingerprint density at radius 1 is 1.03 bits per heavy atom. The molecule has 0 aliphatic carbocycles. The summed E-state index contributed by atoms with van der Waals surface area (Å²) in [6, 6.07) is 15.5. The van der Waals surface area contributed by atoms with Crippen LogP contribution in [-0.2, 0) is 21.2 Å². The molecule has 2 N–H and O–H groups in total. The highest BCUT2D eigenvalue weighted by Crippen LogP contribution is 2.34. The average Bonchev–Trinajstić information content (AvgIpc) is 3.56. The lowest BCUT2D eigenvalue weighted by Gasteiger charge is -2.22. The molecular formula is C27H27N7O3S. The van der Waals surface area contributed by atoms with Crippen LogP contribution in [0.15, 0.2) is 78.1 Å². The number of piperidine rings is 1. The second-order valence-electron chi connectivity index (χ2n) is 9.31. The maximum absolute atomic E-state index is 13.9. The Hall–Kier alpha value is -4.09. The van der Waals surface area contributed by atoms with Crippen LogP contribution >= 0.6 is 0 Å². The van der Waals surface area contributed by atoms with E-state index < -0.39 is 10.0 Å². The zero-order valence-electron chi connectivity index (χ0n) is 20.6. The van der Waals surface area contributed by atoms with E-state index in [9.17, 15) is 13.2 Å². The molecule has 1 amide bonds. The van der Waals surface area contributed by atoms with Gasteiger partial charge in [-0.1, -0.05) is 24.6 Å². The number of amides is 1. The molecule has 1 aliphatic rings. The Morgan fingerprint density at radius 2 is 1.89 bits per heavy atom. The maximum Gasteiger partial charge on any atom is 0.269 e. The highest BCUT2D eigenvalue weighted by Gasteiger charge is 2.26. The van der Waals surface area contributed by atoms with Gasteiger partial charge in [0.05, 0.1) is 22.7 Å². The number of pyridine rings is 1. The van der Waals surface area contributed by atoms with Crippen LogP contribution in [-0.4, -0.2) is 57.2 Å². The summed E-state index contributed by atoms with van der Waals surface area (Å²) in [4.78, 5) is 17.3. The number of rotatable bonds is 7. The minimum Gasteiger partial charge on any atom is -0.354 e. The first kappa shape index (κ1) is 24.3. The van der Waals surface area contributed by atoms with Crippen LogP contribution in [0.2, 0.25) is 0 Å². The van der Waals surface area contributed by atoms with Crippen molar-refractivity contribution >= 4 is 32.5 Å². The van der Waals surface area contributed by atoms with Crippen LogP contribution in [0.4, 0.5) is 0 Å². The molecule has 0 bridgehead atoms. The number of hydrogen-bond acceptors (Lipinski definition) is 7. The quantitative estimate of drug-likeness (QED) is 0.332. The lowest BCUT2D eigenvalue weighted by Crippen LogP contribution is -2.47. The van der Waals surface area contributed by atoms with Crippen molar-refractivity contribution in [3.8, 4) is 11.1 Å². The van der Waals surface area contributed by atoms with Gasteiger partial charge in [0.25, 0.3) is 10.0 Å². The molecule has 0 radical (unpaired) electrons. The summed E-state index contributed by atoms with van der Waals surface area (Å²) in [7, 11) is -3.96. The van der Waals surface area contributed by atoms with Crippen molar-refractivity contribution in [2.45, 2.75) is 36.6 Å². The summed E-state index contributed by atoms with van der Waals surface area (Å²) < 4.78 is 30.6. The fourth-order valence-corrected chi connectivity index (χ4v) is 6.59. The minimum absolute atomic E-state index is 0.0593. The van der Waals surface area contributed by atoms with Gasteiger partial charge in [0.15, 0.2) is 5.65 Å². The highest BCUT2D eigenvalue weighted by molar-refractivity contribution is 7.90. The fourth-order valence-electron chi connectivity index (χ4n) is 5.06. The van der Waals surface area contributed by atoms with Crippen LogP contribution < -0.4 is 10.6 Å². The maximum atomic E-state index is 13.9. The van der Waals surface area contributed by atoms with E-state index in [0.717, 1.165) is 42.5 Å². The normalized spacial score (nSPS) is 16.2. The van der Waals surface area contributed by atoms with Gasteiger partial charge < -0.3 is 10.6 Å². The van der Waals surface area contributed by atoms with E-state index in [2.05, 4.69) is 25.8 Å². The van der Waals surface area contributed by atoms with Crippen molar-refractivity contribution in [3.05, 3.63) is 78.9 Å². The average molecular weight is 530 g/mol. The standard InChI is InChI=1S/C27H27N7O3S/c35-27(24-9-4-5-13-28-24)30-15-11-19-17-22-21(23-18-32-34-25(23)10-6-14-31-34)12-16-29-26(22)33(19)38(36,37)20-7-2-1-3-8-20/h1-3,6-8,10,12,14,16-18,24,28H,4-5,9,11,13,15H2,(H,30,35). The smallest absolute Gasteiger partial charge is 0.269 e. The molecule has 1 aliphatic heterocycles. The number of benzene rings is 1. The molecule has 0 spiro atoms. The molecule has 1 unspecified atom stereocenters. The molecule has 1 saturated heterocycles. The van der Waals surface area contributed by atoms with Gasteiger partial charge in [-0.15, -0.1) is 0 Å². The molecule has 194 valence electrons. The molecule has 6 rings (SSSR count). The zero-order valence-corrected chi connectivity index (χ0v) is 21.4. The summed E-state index contributed by atoms with van der Waals surface area (Å²) in [5.74, 6) is -0.0593. The molecule has 5 heterocycles. The van der Waals surface area contributed by atoms with Crippen molar-refractivity contribution in [2.75, 3.05) is 13.1 Å². The first-order valence-corrected chi connectivity index (χ1v) is 14.1. The molecule has 1 fully saturated rings. The molecule has 10 nitrogen and oxygen atoms in total. The third kappa shape index (κ3) is 4.33. The molecule has 1 atom stereocenters.